The first kappa shape index (κ1) is 12.1. The SMILES string of the molecule is Cc1cccc(N)c1Nc1c(Cl)cccc1Cl. The van der Waals surface area contributed by atoms with Gasteiger partial charge in [0.2, 0.25) is 0 Å². The van der Waals surface area contributed by atoms with Crippen LogP contribution in [-0.2, 0) is 0 Å². The Morgan fingerprint density at radius 1 is 0.941 bits per heavy atom. The molecule has 0 aliphatic heterocycles. The molecule has 0 aliphatic carbocycles. The lowest BCUT2D eigenvalue weighted by molar-refractivity contribution is 1.43. The van der Waals surface area contributed by atoms with Crippen molar-refractivity contribution in [1.82, 2.24) is 0 Å². The van der Waals surface area contributed by atoms with Crippen LogP contribution >= 0.6 is 23.2 Å². The number of aryl methyl sites for hydroxylation is 1. The predicted octanol–water partition coefficient (Wildman–Crippen LogP) is 4.63. The molecule has 17 heavy (non-hydrogen) atoms. The van der Waals surface area contributed by atoms with Crippen LogP contribution in [-0.4, -0.2) is 0 Å². The second-order valence-electron chi connectivity index (χ2n) is 3.76. The lowest BCUT2D eigenvalue weighted by Crippen LogP contribution is -1.99. The normalized spacial score (nSPS) is 10.3. The molecule has 0 saturated carbocycles. The minimum absolute atomic E-state index is 0.570. The highest BCUT2D eigenvalue weighted by atomic mass is 35.5. The molecule has 0 spiro atoms. The van der Waals surface area contributed by atoms with Crippen LogP contribution in [0.4, 0.5) is 17.1 Å². The second kappa shape index (κ2) is 4.86. The van der Waals surface area contributed by atoms with Crippen molar-refractivity contribution in [2.24, 2.45) is 0 Å². The first-order valence-corrected chi connectivity index (χ1v) is 5.91. The summed E-state index contributed by atoms with van der Waals surface area (Å²) in [5.74, 6) is 0. The Hall–Kier alpha value is -1.38. The summed E-state index contributed by atoms with van der Waals surface area (Å²) in [5.41, 5.74) is 9.14. The minimum atomic E-state index is 0.570. The highest BCUT2D eigenvalue weighted by Crippen LogP contribution is 2.35. The Balaban J connectivity index is 2.45. The fourth-order valence-electron chi connectivity index (χ4n) is 1.60. The van der Waals surface area contributed by atoms with Gasteiger partial charge in [-0.3, -0.25) is 0 Å². The first-order valence-electron chi connectivity index (χ1n) is 5.15. The van der Waals surface area contributed by atoms with Gasteiger partial charge >= 0.3 is 0 Å². The quantitative estimate of drug-likeness (QED) is 0.778. The van der Waals surface area contributed by atoms with E-state index in [0.717, 1.165) is 11.3 Å². The van der Waals surface area contributed by atoms with Gasteiger partial charge in [0.1, 0.15) is 0 Å². The molecule has 4 heteroatoms. The Bertz CT molecular complexity index is 463. The number of benzene rings is 2. The van der Waals surface area contributed by atoms with E-state index in [0.29, 0.717) is 21.4 Å². The highest BCUT2D eigenvalue weighted by Gasteiger charge is 2.08. The Morgan fingerprint density at radius 2 is 1.53 bits per heavy atom. The predicted molar refractivity (Wildman–Crippen MR) is 75.3 cm³/mol. The third-order valence-corrected chi connectivity index (χ3v) is 3.15. The van der Waals surface area contributed by atoms with E-state index in [1.165, 1.54) is 0 Å². The summed E-state index contributed by atoms with van der Waals surface area (Å²) in [6, 6.07) is 11.1. The molecule has 0 amide bonds. The fourth-order valence-corrected chi connectivity index (χ4v) is 2.10. The Kier molecular flexibility index (Phi) is 3.46. The van der Waals surface area contributed by atoms with E-state index in [4.69, 9.17) is 28.9 Å². The van der Waals surface area contributed by atoms with Gasteiger partial charge in [-0.15, -0.1) is 0 Å². The molecule has 0 saturated heterocycles. The molecule has 0 atom stereocenters. The molecule has 2 nitrogen and oxygen atoms in total. The van der Waals surface area contributed by atoms with Crippen molar-refractivity contribution < 1.29 is 0 Å². The number of nitrogen functional groups attached to an aromatic ring is 1. The summed E-state index contributed by atoms with van der Waals surface area (Å²) in [5, 5.41) is 4.33. The topological polar surface area (TPSA) is 38.0 Å². The number of hydrogen-bond donors (Lipinski definition) is 2. The van der Waals surface area contributed by atoms with Crippen molar-refractivity contribution in [3.8, 4) is 0 Å². The van der Waals surface area contributed by atoms with Crippen LogP contribution in [0.5, 0.6) is 0 Å². The molecule has 3 N–H and O–H groups in total. The smallest absolute Gasteiger partial charge is 0.0763 e. The zero-order valence-corrected chi connectivity index (χ0v) is 10.8. The Morgan fingerprint density at radius 3 is 2.12 bits per heavy atom. The number of hydrogen-bond acceptors (Lipinski definition) is 2. The number of nitrogens with one attached hydrogen (secondary N) is 1. The molecule has 2 aromatic rings. The molecule has 0 aromatic heterocycles. The lowest BCUT2D eigenvalue weighted by Gasteiger charge is -2.14. The van der Waals surface area contributed by atoms with E-state index in [1.807, 2.05) is 25.1 Å². The molecule has 0 unspecified atom stereocenters. The summed E-state index contributed by atoms with van der Waals surface area (Å²) >= 11 is 12.2. The van der Waals surface area contributed by atoms with Gasteiger partial charge in [-0.25, -0.2) is 0 Å². The van der Waals surface area contributed by atoms with Crippen LogP contribution in [0, 0.1) is 6.92 Å². The third kappa shape index (κ3) is 2.48. The van der Waals surface area contributed by atoms with E-state index in [2.05, 4.69) is 5.32 Å². The fraction of sp³-hybridized carbons (Fsp3) is 0.0769. The summed E-state index contributed by atoms with van der Waals surface area (Å²) < 4.78 is 0. The molecule has 0 fully saturated rings. The van der Waals surface area contributed by atoms with Gasteiger partial charge in [-0.05, 0) is 30.7 Å². The number of halogens is 2. The summed E-state index contributed by atoms with van der Waals surface area (Å²) in [6.07, 6.45) is 0. The number of rotatable bonds is 2. The molecule has 2 aromatic carbocycles. The molecule has 0 radical (unpaired) electrons. The van der Waals surface area contributed by atoms with Gasteiger partial charge in [0.05, 0.1) is 27.1 Å². The zero-order chi connectivity index (χ0) is 12.4. The van der Waals surface area contributed by atoms with Gasteiger partial charge in [-0.1, -0.05) is 41.4 Å². The summed E-state index contributed by atoms with van der Waals surface area (Å²) in [6.45, 7) is 1.98. The van der Waals surface area contributed by atoms with Crippen LogP contribution in [0.1, 0.15) is 5.56 Å². The molecular formula is C13H12Cl2N2. The Labute approximate surface area is 110 Å². The van der Waals surface area contributed by atoms with E-state index in [-0.39, 0.29) is 0 Å². The number of nitrogens with two attached hydrogens (primary N) is 1. The van der Waals surface area contributed by atoms with E-state index < -0.39 is 0 Å². The zero-order valence-electron chi connectivity index (χ0n) is 9.30. The molecule has 88 valence electrons. The van der Waals surface area contributed by atoms with E-state index in [9.17, 15) is 0 Å². The molecule has 0 heterocycles. The maximum atomic E-state index is 6.10. The average Bonchev–Trinajstić information content (AvgIpc) is 2.27. The van der Waals surface area contributed by atoms with Crippen LogP contribution in [0.3, 0.4) is 0 Å². The van der Waals surface area contributed by atoms with Crippen molar-refractivity contribution in [2.45, 2.75) is 6.92 Å². The highest BCUT2D eigenvalue weighted by molar-refractivity contribution is 6.39. The number of anilines is 3. The van der Waals surface area contributed by atoms with Crippen LogP contribution in [0.15, 0.2) is 36.4 Å². The standard InChI is InChI=1S/C13H12Cl2N2/c1-8-4-2-7-11(16)12(8)17-13-9(14)5-3-6-10(13)15/h2-7,17H,16H2,1H3. The van der Waals surface area contributed by atoms with Crippen molar-refractivity contribution in [3.05, 3.63) is 52.0 Å². The molecular weight excluding hydrogens is 255 g/mol. The first-order chi connectivity index (χ1) is 8.09. The monoisotopic (exact) mass is 266 g/mol. The summed E-state index contributed by atoms with van der Waals surface area (Å²) in [4.78, 5) is 0. The maximum absolute atomic E-state index is 6.10. The number of para-hydroxylation sites is 2. The van der Waals surface area contributed by atoms with Crippen LogP contribution in [0.2, 0.25) is 10.0 Å². The van der Waals surface area contributed by atoms with E-state index in [1.54, 1.807) is 18.2 Å². The van der Waals surface area contributed by atoms with Gasteiger partial charge in [0.15, 0.2) is 0 Å². The van der Waals surface area contributed by atoms with Gasteiger partial charge in [0, 0.05) is 0 Å². The molecule has 0 aliphatic rings. The lowest BCUT2D eigenvalue weighted by atomic mass is 10.1. The van der Waals surface area contributed by atoms with Gasteiger partial charge < -0.3 is 11.1 Å². The van der Waals surface area contributed by atoms with E-state index >= 15 is 0 Å². The van der Waals surface area contributed by atoms with Crippen LogP contribution < -0.4 is 11.1 Å². The van der Waals surface area contributed by atoms with Gasteiger partial charge in [0.25, 0.3) is 0 Å². The summed E-state index contributed by atoms with van der Waals surface area (Å²) in [7, 11) is 0. The largest absolute Gasteiger partial charge is 0.397 e. The van der Waals surface area contributed by atoms with Crippen molar-refractivity contribution in [1.29, 1.82) is 0 Å². The van der Waals surface area contributed by atoms with Crippen molar-refractivity contribution >= 4 is 40.3 Å². The minimum Gasteiger partial charge on any atom is -0.397 e. The molecule has 2 rings (SSSR count). The third-order valence-electron chi connectivity index (χ3n) is 2.52. The van der Waals surface area contributed by atoms with Gasteiger partial charge in [-0.2, -0.15) is 0 Å². The molecule has 0 bridgehead atoms. The van der Waals surface area contributed by atoms with Crippen molar-refractivity contribution in [2.75, 3.05) is 11.1 Å². The average molecular weight is 267 g/mol. The maximum Gasteiger partial charge on any atom is 0.0763 e. The second-order valence-corrected chi connectivity index (χ2v) is 4.58. The van der Waals surface area contributed by atoms with Crippen LogP contribution in [0.25, 0.3) is 0 Å². The van der Waals surface area contributed by atoms with Crippen molar-refractivity contribution in [3.63, 3.8) is 0 Å².